The molecule has 0 aliphatic carbocycles. The SMILES string of the molecule is c1ccc(Nc2nccn2C2CCOCC2)cc1. The van der Waals surface area contributed by atoms with Gasteiger partial charge in [0, 0.05) is 37.3 Å². The Bertz CT molecular complexity index is 489. The lowest BCUT2D eigenvalue weighted by Crippen LogP contribution is -2.20. The number of hydrogen-bond acceptors (Lipinski definition) is 3. The van der Waals surface area contributed by atoms with Gasteiger partial charge in [-0.2, -0.15) is 0 Å². The molecular weight excluding hydrogens is 226 g/mol. The molecule has 0 saturated carbocycles. The molecule has 18 heavy (non-hydrogen) atoms. The highest BCUT2D eigenvalue weighted by Gasteiger charge is 2.18. The molecule has 1 aromatic carbocycles. The molecule has 0 amide bonds. The van der Waals surface area contributed by atoms with Crippen molar-refractivity contribution in [1.82, 2.24) is 9.55 Å². The molecule has 0 radical (unpaired) electrons. The van der Waals surface area contributed by atoms with Gasteiger partial charge in [-0.25, -0.2) is 4.98 Å². The minimum absolute atomic E-state index is 0.493. The van der Waals surface area contributed by atoms with Gasteiger partial charge < -0.3 is 14.6 Å². The van der Waals surface area contributed by atoms with Crippen molar-refractivity contribution in [2.75, 3.05) is 18.5 Å². The fraction of sp³-hybridized carbons (Fsp3) is 0.357. The number of nitrogens with one attached hydrogen (secondary N) is 1. The molecule has 3 rings (SSSR count). The van der Waals surface area contributed by atoms with Crippen molar-refractivity contribution in [1.29, 1.82) is 0 Å². The smallest absolute Gasteiger partial charge is 0.207 e. The number of hydrogen-bond donors (Lipinski definition) is 1. The summed E-state index contributed by atoms with van der Waals surface area (Å²) in [7, 11) is 0. The molecule has 0 atom stereocenters. The summed E-state index contributed by atoms with van der Waals surface area (Å²) in [6, 6.07) is 10.6. The molecule has 1 saturated heterocycles. The van der Waals surface area contributed by atoms with Gasteiger partial charge in [0.15, 0.2) is 0 Å². The molecule has 0 spiro atoms. The van der Waals surface area contributed by atoms with Crippen molar-refractivity contribution >= 4 is 11.6 Å². The van der Waals surface area contributed by atoms with E-state index in [9.17, 15) is 0 Å². The molecule has 4 nitrogen and oxygen atoms in total. The summed E-state index contributed by atoms with van der Waals surface area (Å²) >= 11 is 0. The molecule has 1 aliphatic heterocycles. The Morgan fingerprint density at radius 3 is 2.72 bits per heavy atom. The van der Waals surface area contributed by atoms with E-state index < -0.39 is 0 Å². The Kier molecular flexibility index (Phi) is 3.28. The minimum Gasteiger partial charge on any atom is -0.381 e. The van der Waals surface area contributed by atoms with Gasteiger partial charge in [0.05, 0.1) is 0 Å². The van der Waals surface area contributed by atoms with Crippen molar-refractivity contribution in [2.24, 2.45) is 0 Å². The molecule has 1 aromatic heterocycles. The van der Waals surface area contributed by atoms with Crippen LogP contribution in [0.5, 0.6) is 0 Å². The van der Waals surface area contributed by atoms with Crippen LogP contribution < -0.4 is 5.32 Å². The van der Waals surface area contributed by atoms with E-state index in [0.29, 0.717) is 6.04 Å². The molecule has 0 bridgehead atoms. The van der Waals surface area contributed by atoms with Crippen LogP contribution in [0.25, 0.3) is 0 Å². The number of ether oxygens (including phenoxy) is 1. The van der Waals surface area contributed by atoms with Crippen LogP contribution in [0.3, 0.4) is 0 Å². The van der Waals surface area contributed by atoms with E-state index in [1.54, 1.807) is 0 Å². The predicted molar refractivity (Wildman–Crippen MR) is 71.0 cm³/mol. The summed E-state index contributed by atoms with van der Waals surface area (Å²) in [6.07, 6.45) is 6.00. The zero-order chi connectivity index (χ0) is 12.2. The second-order valence-electron chi connectivity index (χ2n) is 4.49. The Balaban J connectivity index is 1.78. The van der Waals surface area contributed by atoms with E-state index in [4.69, 9.17) is 4.74 Å². The van der Waals surface area contributed by atoms with Gasteiger partial charge in [-0.1, -0.05) is 18.2 Å². The summed E-state index contributed by atoms with van der Waals surface area (Å²) in [5.41, 5.74) is 1.07. The maximum Gasteiger partial charge on any atom is 0.207 e. The number of anilines is 2. The van der Waals surface area contributed by atoms with Crippen LogP contribution in [0.4, 0.5) is 11.6 Å². The lowest BCUT2D eigenvalue weighted by Gasteiger charge is -2.25. The zero-order valence-electron chi connectivity index (χ0n) is 10.2. The maximum atomic E-state index is 5.40. The summed E-state index contributed by atoms with van der Waals surface area (Å²) in [4.78, 5) is 4.40. The van der Waals surface area contributed by atoms with E-state index in [-0.39, 0.29) is 0 Å². The fourth-order valence-corrected chi connectivity index (χ4v) is 2.32. The molecule has 2 aromatic rings. The summed E-state index contributed by atoms with van der Waals surface area (Å²) in [6.45, 7) is 1.68. The van der Waals surface area contributed by atoms with Crippen molar-refractivity contribution in [3.05, 3.63) is 42.7 Å². The lowest BCUT2D eigenvalue weighted by atomic mass is 10.1. The van der Waals surface area contributed by atoms with E-state index in [1.165, 1.54) is 0 Å². The van der Waals surface area contributed by atoms with Crippen LogP contribution in [0.15, 0.2) is 42.7 Å². The minimum atomic E-state index is 0.493. The van der Waals surface area contributed by atoms with Gasteiger partial charge in [-0.3, -0.25) is 0 Å². The van der Waals surface area contributed by atoms with Crippen LogP contribution >= 0.6 is 0 Å². The topological polar surface area (TPSA) is 39.1 Å². The second kappa shape index (κ2) is 5.23. The monoisotopic (exact) mass is 243 g/mol. The van der Waals surface area contributed by atoms with Crippen molar-refractivity contribution in [3.63, 3.8) is 0 Å². The van der Waals surface area contributed by atoms with Crippen LogP contribution in [-0.4, -0.2) is 22.8 Å². The highest BCUT2D eigenvalue weighted by Crippen LogP contribution is 2.25. The highest BCUT2D eigenvalue weighted by atomic mass is 16.5. The Morgan fingerprint density at radius 2 is 1.94 bits per heavy atom. The molecule has 1 aliphatic rings. The first-order chi connectivity index (χ1) is 8.93. The normalized spacial score (nSPS) is 16.7. The average molecular weight is 243 g/mol. The highest BCUT2D eigenvalue weighted by molar-refractivity contribution is 5.53. The molecule has 2 heterocycles. The first-order valence-electron chi connectivity index (χ1n) is 6.36. The molecular formula is C14H17N3O. The number of benzene rings is 1. The third-order valence-electron chi connectivity index (χ3n) is 3.28. The Morgan fingerprint density at radius 1 is 1.17 bits per heavy atom. The number of imidazole rings is 1. The van der Waals surface area contributed by atoms with Crippen LogP contribution in [0, 0.1) is 0 Å². The van der Waals surface area contributed by atoms with Gasteiger partial charge in [-0.15, -0.1) is 0 Å². The van der Waals surface area contributed by atoms with Gasteiger partial charge in [-0.05, 0) is 25.0 Å². The van der Waals surface area contributed by atoms with Gasteiger partial charge in [0.2, 0.25) is 5.95 Å². The number of para-hydroxylation sites is 1. The first-order valence-corrected chi connectivity index (χ1v) is 6.36. The summed E-state index contributed by atoms with van der Waals surface area (Å²) in [5, 5.41) is 3.36. The number of rotatable bonds is 3. The van der Waals surface area contributed by atoms with E-state index in [2.05, 4.69) is 14.9 Å². The molecule has 0 unspecified atom stereocenters. The first kappa shape index (κ1) is 11.3. The molecule has 94 valence electrons. The predicted octanol–water partition coefficient (Wildman–Crippen LogP) is 2.98. The number of nitrogens with zero attached hydrogens (tertiary/aromatic N) is 2. The van der Waals surface area contributed by atoms with E-state index >= 15 is 0 Å². The van der Waals surface area contributed by atoms with Gasteiger partial charge >= 0.3 is 0 Å². The maximum absolute atomic E-state index is 5.40. The number of aromatic nitrogens is 2. The molecule has 1 N–H and O–H groups in total. The van der Waals surface area contributed by atoms with Gasteiger partial charge in [0.1, 0.15) is 0 Å². The van der Waals surface area contributed by atoms with Crippen molar-refractivity contribution < 1.29 is 4.74 Å². The zero-order valence-corrected chi connectivity index (χ0v) is 10.2. The van der Waals surface area contributed by atoms with Crippen molar-refractivity contribution in [3.8, 4) is 0 Å². The standard InChI is InChI=1S/C14H17N3O/c1-2-4-12(5-3-1)16-14-15-8-9-17(14)13-6-10-18-11-7-13/h1-5,8-9,13H,6-7,10-11H2,(H,15,16). The largest absolute Gasteiger partial charge is 0.381 e. The fourth-order valence-electron chi connectivity index (χ4n) is 2.32. The third kappa shape index (κ3) is 2.38. The lowest BCUT2D eigenvalue weighted by molar-refractivity contribution is 0.0701. The van der Waals surface area contributed by atoms with Crippen LogP contribution in [0.2, 0.25) is 0 Å². The summed E-state index contributed by atoms with van der Waals surface area (Å²) < 4.78 is 7.62. The molecule has 4 heteroatoms. The third-order valence-corrected chi connectivity index (χ3v) is 3.28. The Hall–Kier alpha value is -1.81. The average Bonchev–Trinajstić information content (AvgIpc) is 2.89. The van der Waals surface area contributed by atoms with E-state index in [1.807, 2.05) is 42.7 Å². The second-order valence-corrected chi connectivity index (χ2v) is 4.49. The van der Waals surface area contributed by atoms with E-state index in [0.717, 1.165) is 37.7 Å². The molecule has 1 fully saturated rings. The van der Waals surface area contributed by atoms with Gasteiger partial charge in [0.25, 0.3) is 0 Å². The van der Waals surface area contributed by atoms with Crippen molar-refractivity contribution in [2.45, 2.75) is 18.9 Å². The van der Waals surface area contributed by atoms with Crippen LogP contribution in [0.1, 0.15) is 18.9 Å². The van der Waals surface area contributed by atoms with Crippen LogP contribution in [-0.2, 0) is 4.74 Å². The summed E-state index contributed by atoms with van der Waals surface area (Å²) in [5.74, 6) is 0.910. The Labute approximate surface area is 107 Å². The quantitative estimate of drug-likeness (QED) is 0.900.